The van der Waals surface area contributed by atoms with Crippen LogP contribution in [0.3, 0.4) is 0 Å². The van der Waals surface area contributed by atoms with Crippen molar-refractivity contribution >= 4 is 0 Å². The van der Waals surface area contributed by atoms with E-state index in [1.165, 1.54) is 25.8 Å². The summed E-state index contributed by atoms with van der Waals surface area (Å²) in [6.45, 7) is 10.7. The van der Waals surface area contributed by atoms with E-state index in [0.717, 1.165) is 12.0 Å². The third kappa shape index (κ3) is 3.68. The molecule has 0 N–H and O–H groups in total. The minimum absolute atomic E-state index is 0.506. The molecule has 0 bridgehead atoms. The van der Waals surface area contributed by atoms with Crippen molar-refractivity contribution in [2.45, 2.75) is 53.0 Å². The predicted octanol–water partition coefficient (Wildman–Crippen LogP) is 3.15. The summed E-state index contributed by atoms with van der Waals surface area (Å²) in [4.78, 5) is 2.51. The molecule has 1 heterocycles. The van der Waals surface area contributed by atoms with Gasteiger partial charge in [0.25, 0.3) is 0 Å². The van der Waals surface area contributed by atoms with Gasteiger partial charge in [-0.2, -0.15) is 0 Å². The molecule has 0 aromatic rings. The smallest absolute Gasteiger partial charge is 0.00641 e. The Morgan fingerprint density at radius 2 is 1.85 bits per heavy atom. The standard InChI is InChI=1S/C12H25N/c1-10-6-7-11(9-13(10)5)8-12(2,3)4/h10-11H,6-9H2,1-5H3/t10-,11+/m0/s1. The fourth-order valence-electron chi connectivity index (χ4n) is 2.41. The molecule has 0 aromatic carbocycles. The Kier molecular flexibility index (Phi) is 3.39. The molecule has 1 heteroatoms. The van der Waals surface area contributed by atoms with Crippen LogP contribution in [-0.4, -0.2) is 24.5 Å². The Hall–Kier alpha value is -0.0400. The van der Waals surface area contributed by atoms with Crippen molar-refractivity contribution in [1.29, 1.82) is 0 Å². The molecule has 0 amide bonds. The maximum Gasteiger partial charge on any atom is 0.00641 e. The van der Waals surface area contributed by atoms with Crippen molar-refractivity contribution < 1.29 is 0 Å². The van der Waals surface area contributed by atoms with E-state index in [0.29, 0.717) is 5.41 Å². The highest BCUT2D eigenvalue weighted by molar-refractivity contribution is 4.79. The first-order valence-corrected chi connectivity index (χ1v) is 5.59. The predicted molar refractivity (Wildman–Crippen MR) is 58.9 cm³/mol. The lowest BCUT2D eigenvalue weighted by Crippen LogP contribution is -2.39. The lowest BCUT2D eigenvalue weighted by Gasteiger charge is -2.37. The molecule has 2 atom stereocenters. The van der Waals surface area contributed by atoms with E-state index in [2.05, 4.69) is 39.6 Å². The average Bonchev–Trinajstić information content (AvgIpc) is 1.94. The molecule has 1 fully saturated rings. The molecule has 13 heavy (non-hydrogen) atoms. The van der Waals surface area contributed by atoms with Crippen LogP contribution in [0.2, 0.25) is 0 Å². The highest BCUT2D eigenvalue weighted by Gasteiger charge is 2.25. The van der Waals surface area contributed by atoms with E-state index in [1.54, 1.807) is 0 Å². The summed E-state index contributed by atoms with van der Waals surface area (Å²) < 4.78 is 0. The summed E-state index contributed by atoms with van der Waals surface area (Å²) >= 11 is 0. The number of nitrogens with zero attached hydrogens (tertiary/aromatic N) is 1. The molecular weight excluding hydrogens is 158 g/mol. The Bertz CT molecular complexity index is 157. The normalized spacial score (nSPS) is 32.1. The lowest BCUT2D eigenvalue weighted by molar-refractivity contribution is 0.121. The van der Waals surface area contributed by atoms with E-state index in [9.17, 15) is 0 Å². The molecule has 78 valence electrons. The SMILES string of the molecule is C[C@H]1CC[C@H](CC(C)(C)C)CN1C. The van der Waals surface area contributed by atoms with Crippen LogP contribution < -0.4 is 0 Å². The molecule has 1 aliphatic rings. The first-order chi connectivity index (χ1) is 5.88. The third-order valence-corrected chi connectivity index (χ3v) is 3.19. The Labute approximate surface area is 83.5 Å². The van der Waals surface area contributed by atoms with Gasteiger partial charge in [-0.25, -0.2) is 0 Å². The molecule has 0 unspecified atom stereocenters. The average molecular weight is 183 g/mol. The molecule has 1 rings (SSSR count). The fourth-order valence-corrected chi connectivity index (χ4v) is 2.41. The van der Waals surface area contributed by atoms with Gasteiger partial charge in [-0.05, 0) is 44.6 Å². The monoisotopic (exact) mass is 183 g/mol. The molecule has 0 saturated carbocycles. The maximum atomic E-state index is 2.51. The number of rotatable bonds is 1. The van der Waals surface area contributed by atoms with Crippen molar-refractivity contribution in [2.24, 2.45) is 11.3 Å². The first kappa shape index (κ1) is 11.0. The van der Waals surface area contributed by atoms with Crippen LogP contribution >= 0.6 is 0 Å². The van der Waals surface area contributed by atoms with E-state index in [4.69, 9.17) is 0 Å². The Morgan fingerprint density at radius 1 is 1.23 bits per heavy atom. The first-order valence-electron chi connectivity index (χ1n) is 5.59. The van der Waals surface area contributed by atoms with Crippen molar-refractivity contribution in [1.82, 2.24) is 4.90 Å². The van der Waals surface area contributed by atoms with Gasteiger partial charge in [0.1, 0.15) is 0 Å². The van der Waals surface area contributed by atoms with Crippen LogP contribution in [0.1, 0.15) is 47.0 Å². The van der Waals surface area contributed by atoms with Crippen LogP contribution in [0.5, 0.6) is 0 Å². The van der Waals surface area contributed by atoms with Gasteiger partial charge in [0.15, 0.2) is 0 Å². The van der Waals surface area contributed by atoms with Crippen LogP contribution in [0, 0.1) is 11.3 Å². The summed E-state index contributed by atoms with van der Waals surface area (Å²) in [6.07, 6.45) is 4.20. The second kappa shape index (κ2) is 4.00. The summed E-state index contributed by atoms with van der Waals surface area (Å²) in [5.41, 5.74) is 0.506. The van der Waals surface area contributed by atoms with Gasteiger partial charge < -0.3 is 4.90 Å². The third-order valence-electron chi connectivity index (χ3n) is 3.19. The zero-order valence-electron chi connectivity index (χ0n) is 9.93. The molecule has 1 saturated heterocycles. The van der Waals surface area contributed by atoms with Gasteiger partial charge in [0.2, 0.25) is 0 Å². The quantitative estimate of drug-likeness (QED) is 0.603. The highest BCUT2D eigenvalue weighted by Crippen LogP contribution is 2.31. The Balaban J connectivity index is 2.38. The molecule has 0 aromatic heterocycles. The Morgan fingerprint density at radius 3 is 2.31 bits per heavy atom. The summed E-state index contributed by atoms with van der Waals surface area (Å²) in [6, 6.07) is 0.802. The van der Waals surface area contributed by atoms with E-state index < -0.39 is 0 Å². The number of hydrogen-bond donors (Lipinski definition) is 0. The summed E-state index contributed by atoms with van der Waals surface area (Å²) in [7, 11) is 2.26. The highest BCUT2D eigenvalue weighted by atomic mass is 15.1. The van der Waals surface area contributed by atoms with Gasteiger partial charge in [0.05, 0.1) is 0 Å². The van der Waals surface area contributed by atoms with Crippen LogP contribution in [0.4, 0.5) is 0 Å². The molecule has 0 spiro atoms. The van der Waals surface area contributed by atoms with Gasteiger partial charge in [-0.1, -0.05) is 20.8 Å². The van der Waals surface area contributed by atoms with Crippen LogP contribution in [-0.2, 0) is 0 Å². The van der Waals surface area contributed by atoms with Crippen molar-refractivity contribution in [3.63, 3.8) is 0 Å². The maximum absolute atomic E-state index is 2.51. The minimum atomic E-state index is 0.506. The molecule has 1 aliphatic heterocycles. The zero-order chi connectivity index (χ0) is 10.1. The van der Waals surface area contributed by atoms with Gasteiger partial charge in [-0.15, -0.1) is 0 Å². The molecule has 1 nitrogen and oxygen atoms in total. The molecule has 0 aliphatic carbocycles. The molecular formula is C12H25N. The van der Waals surface area contributed by atoms with E-state index >= 15 is 0 Å². The summed E-state index contributed by atoms with van der Waals surface area (Å²) in [5, 5.41) is 0. The summed E-state index contributed by atoms with van der Waals surface area (Å²) in [5.74, 6) is 0.932. The molecule has 0 radical (unpaired) electrons. The van der Waals surface area contributed by atoms with Gasteiger partial charge in [0, 0.05) is 12.6 Å². The zero-order valence-corrected chi connectivity index (χ0v) is 9.93. The van der Waals surface area contributed by atoms with E-state index in [-0.39, 0.29) is 0 Å². The lowest BCUT2D eigenvalue weighted by atomic mass is 9.80. The topological polar surface area (TPSA) is 3.24 Å². The van der Waals surface area contributed by atoms with Gasteiger partial charge >= 0.3 is 0 Å². The van der Waals surface area contributed by atoms with Crippen molar-refractivity contribution in [2.75, 3.05) is 13.6 Å². The minimum Gasteiger partial charge on any atom is -0.303 e. The number of hydrogen-bond acceptors (Lipinski definition) is 1. The largest absolute Gasteiger partial charge is 0.303 e. The number of likely N-dealkylation sites (tertiary alicyclic amines) is 1. The number of piperidine rings is 1. The fraction of sp³-hybridized carbons (Fsp3) is 1.00. The van der Waals surface area contributed by atoms with Crippen molar-refractivity contribution in [3.8, 4) is 0 Å². The van der Waals surface area contributed by atoms with Gasteiger partial charge in [-0.3, -0.25) is 0 Å². The van der Waals surface area contributed by atoms with E-state index in [1.807, 2.05) is 0 Å². The second-order valence-corrected chi connectivity index (χ2v) is 6.00. The van der Waals surface area contributed by atoms with Crippen LogP contribution in [0.25, 0.3) is 0 Å². The van der Waals surface area contributed by atoms with Crippen molar-refractivity contribution in [3.05, 3.63) is 0 Å². The van der Waals surface area contributed by atoms with Crippen LogP contribution in [0.15, 0.2) is 0 Å². The second-order valence-electron chi connectivity index (χ2n) is 6.00.